The lowest BCUT2D eigenvalue weighted by Gasteiger charge is -2.23. The molecule has 0 bridgehead atoms. The van der Waals surface area contributed by atoms with E-state index in [4.69, 9.17) is 4.98 Å². The number of rotatable bonds is 5. The number of fused-ring (bicyclic) bond motifs is 1. The van der Waals surface area contributed by atoms with Gasteiger partial charge in [-0.25, -0.2) is 4.98 Å². The molecule has 4 rings (SSSR count). The lowest BCUT2D eigenvalue weighted by atomic mass is 9.81. The third kappa shape index (κ3) is 3.11. The zero-order chi connectivity index (χ0) is 17.3. The van der Waals surface area contributed by atoms with Crippen molar-refractivity contribution in [3.8, 4) is 0 Å². The van der Waals surface area contributed by atoms with E-state index in [0.29, 0.717) is 6.54 Å². The summed E-state index contributed by atoms with van der Waals surface area (Å²) in [5.74, 6) is 1.22. The molecule has 1 aliphatic carbocycles. The van der Waals surface area contributed by atoms with Gasteiger partial charge in [-0.15, -0.1) is 11.8 Å². The summed E-state index contributed by atoms with van der Waals surface area (Å²) in [5, 5.41) is 10.6. The molecule has 2 heterocycles. The van der Waals surface area contributed by atoms with E-state index in [2.05, 4.69) is 22.0 Å². The maximum atomic E-state index is 11.8. The Bertz CT molecular complexity index is 770. The largest absolute Gasteiger partial charge is 0.481 e. The number of aromatic nitrogens is 2. The first-order valence-corrected chi connectivity index (χ1v) is 9.63. The number of benzene rings is 1. The molecule has 6 heteroatoms. The molecule has 2 fully saturated rings. The van der Waals surface area contributed by atoms with E-state index in [0.717, 1.165) is 42.4 Å². The Hall–Kier alpha value is -2.08. The predicted octanol–water partition coefficient (Wildman–Crippen LogP) is 3.46. The highest BCUT2D eigenvalue weighted by Crippen LogP contribution is 2.49. The monoisotopic (exact) mass is 355 g/mol. The molecule has 0 amide bonds. The van der Waals surface area contributed by atoms with Gasteiger partial charge in [-0.1, -0.05) is 36.8 Å². The van der Waals surface area contributed by atoms with Crippen molar-refractivity contribution < 1.29 is 9.90 Å². The molecular formula is C19H21N3O2S. The summed E-state index contributed by atoms with van der Waals surface area (Å²) < 4.78 is 0. The third-order valence-corrected chi connectivity index (χ3v) is 6.42. The van der Waals surface area contributed by atoms with Crippen molar-refractivity contribution in [3.05, 3.63) is 48.3 Å². The highest BCUT2D eigenvalue weighted by molar-refractivity contribution is 7.98. The van der Waals surface area contributed by atoms with Crippen molar-refractivity contribution in [3.63, 3.8) is 0 Å². The molecule has 1 aromatic carbocycles. The van der Waals surface area contributed by atoms with Crippen LogP contribution in [0.15, 0.2) is 47.8 Å². The highest BCUT2D eigenvalue weighted by atomic mass is 32.2. The molecule has 1 aromatic heterocycles. The molecule has 1 saturated carbocycles. The summed E-state index contributed by atoms with van der Waals surface area (Å²) in [6.07, 6.45) is 6.33. The van der Waals surface area contributed by atoms with Gasteiger partial charge >= 0.3 is 5.97 Å². The number of thioether (sulfide) groups is 1. The molecule has 0 spiro atoms. The van der Waals surface area contributed by atoms with Crippen molar-refractivity contribution in [2.75, 3.05) is 18.0 Å². The summed E-state index contributed by atoms with van der Waals surface area (Å²) in [6.45, 7) is 1.32. The maximum absolute atomic E-state index is 11.8. The number of nitrogens with zero attached hydrogens (tertiary/aromatic N) is 3. The SMILES string of the molecule is O=C(O)[C@@]12CCC[C@H]1CN(c1cncc(SCc3ccccc3)n1)C2. The van der Waals surface area contributed by atoms with Crippen molar-refractivity contribution in [1.82, 2.24) is 9.97 Å². The van der Waals surface area contributed by atoms with Gasteiger partial charge in [0.15, 0.2) is 0 Å². The first kappa shape index (κ1) is 16.4. The fourth-order valence-electron chi connectivity index (χ4n) is 4.11. The van der Waals surface area contributed by atoms with Gasteiger partial charge in [-0.05, 0) is 24.3 Å². The van der Waals surface area contributed by atoms with Gasteiger partial charge in [0, 0.05) is 18.8 Å². The number of hydrogen-bond donors (Lipinski definition) is 1. The van der Waals surface area contributed by atoms with Gasteiger partial charge in [0.1, 0.15) is 10.8 Å². The molecule has 1 saturated heterocycles. The summed E-state index contributed by atoms with van der Waals surface area (Å²) in [6, 6.07) is 10.3. The second-order valence-electron chi connectivity index (χ2n) is 6.92. The Morgan fingerprint density at radius 3 is 2.92 bits per heavy atom. The van der Waals surface area contributed by atoms with Crippen LogP contribution in [0.4, 0.5) is 5.82 Å². The standard InChI is InChI=1S/C19H21N3O2S/c23-18(24)19-8-4-7-15(19)11-22(13-19)16-9-20-10-17(21-16)25-12-14-5-2-1-3-6-14/h1-3,5-6,9-10,15H,4,7-8,11-13H2,(H,23,24)/t15-,19+/m0/s1. The molecule has 2 aliphatic rings. The van der Waals surface area contributed by atoms with Crippen molar-refractivity contribution in [1.29, 1.82) is 0 Å². The van der Waals surface area contributed by atoms with E-state index in [1.807, 2.05) is 18.2 Å². The Labute approximate surface area is 151 Å². The highest BCUT2D eigenvalue weighted by Gasteiger charge is 2.55. The smallest absolute Gasteiger partial charge is 0.311 e. The topological polar surface area (TPSA) is 66.3 Å². The van der Waals surface area contributed by atoms with Gasteiger partial charge in [0.25, 0.3) is 0 Å². The van der Waals surface area contributed by atoms with Gasteiger partial charge in [-0.2, -0.15) is 0 Å². The Morgan fingerprint density at radius 2 is 2.16 bits per heavy atom. The van der Waals surface area contributed by atoms with Crippen LogP contribution in [0.3, 0.4) is 0 Å². The Balaban J connectivity index is 1.48. The fourth-order valence-corrected chi connectivity index (χ4v) is 4.91. The van der Waals surface area contributed by atoms with E-state index in [1.165, 1.54) is 5.56 Å². The lowest BCUT2D eigenvalue weighted by Crippen LogP contribution is -2.35. The summed E-state index contributed by atoms with van der Waals surface area (Å²) in [4.78, 5) is 23.0. The number of aliphatic carboxylic acids is 1. The third-order valence-electron chi connectivity index (χ3n) is 5.45. The number of carboxylic acid groups (broad SMARTS) is 1. The molecule has 2 aromatic rings. The molecule has 0 radical (unpaired) electrons. The van der Waals surface area contributed by atoms with Crippen LogP contribution in [-0.4, -0.2) is 34.1 Å². The normalized spacial score (nSPS) is 25.1. The average molecular weight is 355 g/mol. The number of hydrogen-bond acceptors (Lipinski definition) is 5. The summed E-state index contributed by atoms with van der Waals surface area (Å²) in [5.41, 5.74) is 0.662. The van der Waals surface area contributed by atoms with E-state index in [1.54, 1.807) is 24.2 Å². The van der Waals surface area contributed by atoms with Crippen LogP contribution in [0.2, 0.25) is 0 Å². The second kappa shape index (κ2) is 6.67. The average Bonchev–Trinajstić information content (AvgIpc) is 3.20. The van der Waals surface area contributed by atoms with Gasteiger partial charge in [0.2, 0.25) is 0 Å². The van der Waals surface area contributed by atoms with Crippen molar-refractivity contribution in [2.24, 2.45) is 11.3 Å². The first-order chi connectivity index (χ1) is 12.2. The van der Waals surface area contributed by atoms with E-state index in [-0.39, 0.29) is 5.92 Å². The first-order valence-electron chi connectivity index (χ1n) is 8.64. The number of carboxylic acids is 1. The zero-order valence-electron chi connectivity index (χ0n) is 14.0. The minimum absolute atomic E-state index is 0.229. The Kier molecular flexibility index (Phi) is 4.37. The van der Waals surface area contributed by atoms with Crippen LogP contribution in [0.1, 0.15) is 24.8 Å². The van der Waals surface area contributed by atoms with Crippen LogP contribution >= 0.6 is 11.8 Å². The fraction of sp³-hybridized carbons (Fsp3) is 0.421. The predicted molar refractivity (Wildman–Crippen MR) is 97.7 cm³/mol. The number of carbonyl (C=O) groups is 1. The minimum Gasteiger partial charge on any atom is -0.481 e. The van der Waals surface area contributed by atoms with Crippen LogP contribution in [0, 0.1) is 11.3 Å². The van der Waals surface area contributed by atoms with Crippen molar-refractivity contribution in [2.45, 2.75) is 30.0 Å². The van der Waals surface area contributed by atoms with Crippen LogP contribution in [0.25, 0.3) is 0 Å². The Morgan fingerprint density at radius 1 is 1.32 bits per heavy atom. The van der Waals surface area contributed by atoms with Crippen LogP contribution in [0.5, 0.6) is 0 Å². The molecule has 1 aliphatic heterocycles. The summed E-state index contributed by atoms with van der Waals surface area (Å²) in [7, 11) is 0. The molecule has 2 atom stereocenters. The second-order valence-corrected chi connectivity index (χ2v) is 7.92. The van der Waals surface area contributed by atoms with Gasteiger partial charge in [-0.3, -0.25) is 9.78 Å². The molecule has 0 unspecified atom stereocenters. The van der Waals surface area contributed by atoms with Crippen LogP contribution in [-0.2, 0) is 10.5 Å². The molecule has 25 heavy (non-hydrogen) atoms. The van der Waals surface area contributed by atoms with E-state index >= 15 is 0 Å². The molecule has 130 valence electrons. The van der Waals surface area contributed by atoms with Crippen molar-refractivity contribution >= 4 is 23.5 Å². The summed E-state index contributed by atoms with van der Waals surface area (Å²) >= 11 is 1.66. The quantitative estimate of drug-likeness (QED) is 0.829. The number of anilines is 1. The maximum Gasteiger partial charge on any atom is 0.311 e. The zero-order valence-corrected chi connectivity index (χ0v) is 14.8. The van der Waals surface area contributed by atoms with Crippen LogP contribution < -0.4 is 4.90 Å². The lowest BCUT2D eigenvalue weighted by molar-refractivity contribution is -0.149. The minimum atomic E-state index is -0.653. The molecule has 1 N–H and O–H groups in total. The van der Waals surface area contributed by atoms with Gasteiger partial charge in [0.05, 0.1) is 17.8 Å². The molecular weight excluding hydrogens is 334 g/mol. The molecule has 5 nitrogen and oxygen atoms in total. The van der Waals surface area contributed by atoms with E-state index in [9.17, 15) is 9.90 Å². The van der Waals surface area contributed by atoms with Gasteiger partial charge < -0.3 is 10.0 Å². The van der Waals surface area contributed by atoms with E-state index < -0.39 is 11.4 Å².